The third kappa shape index (κ3) is 2.36. The van der Waals surface area contributed by atoms with Crippen LogP contribution >= 0.6 is 0 Å². The molecule has 0 unspecified atom stereocenters. The van der Waals surface area contributed by atoms with E-state index < -0.39 is 0 Å². The van der Waals surface area contributed by atoms with Crippen molar-refractivity contribution in [3.63, 3.8) is 0 Å². The van der Waals surface area contributed by atoms with E-state index in [1.165, 1.54) is 0 Å². The second-order valence-corrected chi connectivity index (χ2v) is 5.46. The molecule has 0 radical (unpaired) electrons. The van der Waals surface area contributed by atoms with Crippen LogP contribution in [0.5, 0.6) is 5.75 Å². The summed E-state index contributed by atoms with van der Waals surface area (Å²) in [6.07, 6.45) is 4.01. The number of ether oxygens (including phenoxy) is 1. The first-order valence-electron chi connectivity index (χ1n) is 7.01. The van der Waals surface area contributed by atoms with Crippen LogP contribution in [0.1, 0.15) is 30.9 Å². The van der Waals surface area contributed by atoms with E-state index in [9.17, 15) is 4.79 Å². The fraction of sp³-hybridized carbons (Fsp3) is 0.353. The summed E-state index contributed by atoms with van der Waals surface area (Å²) in [5.74, 6) is 0.708. The summed E-state index contributed by atoms with van der Waals surface area (Å²) in [6, 6.07) is 5.73. The molecule has 0 aliphatic heterocycles. The van der Waals surface area contributed by atoms with E-state index >= 15 is 0 Å². The van der Waals surface area contributed by atoms with Crippen molar-refractivity contribution in [2.75, 3.05) is 6.61 Å². The molecule has 1 aromatic carbocycles. The maximum Gasteiger partial charge on any atom is 0.339 e. The van der Waals surface area contributed by atoms with Crippen LogP contribution in [0.2, 0.25) is 0 Å². The van der Waals surface area contributed by atoms with E-state index in [1.807, 2.05) is 19.1 Å². The first-order valence-corrected chi connectivity index (χ1v) is 7.01. The van der Waals surface area contributed by atoms with Crippen molar-refractivity contribution in [3.05, 3.63) is 51.9 Å². The van der Waals surface area contributed by atoms with Crippen molar-refractivity contribution >= 4 is 11.0 Å². The molecule has 0 spiro atoms. The lowest BCUT2D eigenvalue weighted by molar-refractivity contribution is 0.352. The summed E-state index contributed by atoms with van der Waals surface area (Å²) in [6.45, 7) is 6.19. The van der Waals surface area contributed by atoms with Crippen LogP contribution in [0.15, 0.2) is 39.6 Å². The molecule has 3 nitrogen and oxygen atoms in total. The highest BCUT2D eigenvalue weighted by Crippen LogP contribution is 2.29. The molecule has 1 aliphatic carbocycles. The van der Waals surface area contributed by atoms with E-state index in [1.54, 1.807) is 6.07 Å². The Bertz CT molecular complexity index is 725. The minimum absolute atomic E-state index is 0.191. The standard InChI is InChI=1S/C17H18O3/c1-11(2)10-19-12-7-8-14-13-5-3-4-6-15(13)17(18)20-16(14)9-12/h7-9H,1,3-6,10H2,2H3. The van der Waals surface area contributed by atoms with Gasteiger partial charge in [-0.15, -0.1) is 0 Å². The van der Waals surface area contributed by atoms with Crippen LogP contribution in [0.4, 0.5) is 0 Å². The van der Waals surface area contributed by atoms with E-state index in [0.29, 0.717) is 17.9 Å². The van der Waals surface area contributed by atoms with Crippen LogP contribution in [-0.2, 0) is 12.8 Å². The van der Waals surface area contributed by atoms with E-state index in [0.717, 1.165) is 47.8 Å². The molecule has 0 bridgehead atoms. The van der Waals surface area contributed by atoms with E-state index in [4.69, 9.17) is 9.15 Å². The molecule has 0 N–H and O–H groups in total. The molecule has 1 aromatic heterocycles. The van der Waals surface area contributed by atoms with Crippen molar-refractivity contribution in [2.24, 2.45) is 0 Å². The summed E-state index contributed by atoms with van der Waals surface area (Å²) in [5, 5.41) is 1.04. The van der Waals surface area contributed by atoms with Gasteiger partial charge in [-0.3, -0.25) is 0 Å². The SMILES string of the molecule is C=C(C)COc1ccc2c3c(c(=O)oc2c1)CCCC3. The molecule has 0 saturated carbocycles. The number of fused-ring (bicyclic) bond motifs is 3. The molecular weight excluding hydrogens is 252 g/mol. The molecule has 20 heavy (non-hydrogen) atoms. The zero-order chi connectivity index (χ0) is 14.1. The maximum atomic E-state index is 12.0. The quantitative estimate of drug-likeness (QED) is 0.631. The van der Waals surface area contributed by atoms with Gasteiger partial charge in [-0.05, 0) is 55.9 Å². The van der Waals surface area contributed by atoms with Crippen LogP contribution in [-0.4, -0.2) is 6.61 Å². The Morgan fingerprint density at radius 3 is 2.80 bits per heavy atom. The number of hydrogen-bond donors (Lipinski definition) is 0. The van der Waals surface area contributed by atoms with Crippen molar-refractivity contribution in [2.45, 2.75) is 32.6 Å². The second kappa shape index (κ2) is 5.16. The van der Waals surface area contributed by atoms with Gasteiger partial charge in [0, 0.05) is 17.0 Å². The average molecular weight is 270 g/mol. The Balaban J connectivity index is 2.07. The molecule has 0 amide bonds. The van der Waals surface area contributed by atoms with Crippen molar-refractivity contribution in [3.8, 4) is 5.75 Å². The number of rotatable bonds is 3. The molecule has 104 valence electrons. The minimum Gasteiger partial charge on any atom is -0.489 e. The van der Waals surface area contributed by atoms with Gasteiger partial charge in [-0.25, -0.2) is 4.79 Å². The van der Waals surface area contributed by atoms with E-state index in [-0.39, 0.29) is 5.63 Å². The maximum absolute atomic E-state index is 12.0. The molecule has 0 saturated heterocycles. The highest BCUT2D eigenvalue weighted by atomic mass is 16.5. The average Bonchev–Trinajstić information content (AvgIpc) is 2.45. The summed E-state index contributed by atoms with van der Waals surface area (Å²) in [7, 11) is 0. The minimum atomic E-state index is -0.191. The van der Waals surface area contributed by atoms with Gasteiger partial charge in [-0.1, -0.05) is 6.58 Å². The fourth-order valence-corrected chi connectivity index (χ4v) is 2.72. The lowest BCUT2D eigenvalue weighted by Gasteiger charge is -2.16. The Morgan fingerprint density at radius 2 is 2.05 bits per heavy atom. The second-order valence-electron chi connectivity index (χ2n) is 5.46. The molecule has 2 aromatic rings. The third-order valence-electron chi connectivity index (χ3n) is 3.68. The van der Waals surface area contributed by atoms with Gasteiger partial charge in [0.15, 0.2) is 0 Å². The van der Waals surface area contributed by atoms with Crippen molar-refractivity contribution < 1.29 is 9.15 Å². The highest BCUT2D eigenvalue weighted by molar-refractivity contribution is 5.82. The van der Waals surface area contributed by atoms with Gasteiger partial charge in [0.05, 0.1) is 0 Å². The number of aryl methyl sites for hydroxylation is 1. The molecule has 1 heterocycles. The summed E-state index contributed by atoms with van der Waals surface area (Å²) < 4.78 is 11.0. The van der Waals surface area contributed by atoms with Crippen LogP contribution in [0.25, 0.3) is 11.0 Å². The van der Waals surface area contributed by atoms with Crippen LogP contribution in [0, 0.1) is 0 Å². The zero-order valence-electron chi connectivity index (χ0n) is 11.7. The fourth-order valence-electron chi connectivity index (χ4n) is 2.72. The molecular formula is C17H18O3. The largest absolute Gasteiger partial charge is 0.489 e. The van der Waals surface area contributed by atoms with Gasteiger partial charge < -0.3 is 9.15 Å². The lowest BCUT2D eigenvalue weighted by atomic mass is 9.91. The predicted molar refractivity (Wildman–Crippen MR) is 79.4 cm³/mol. The Morgan fingerprint density at radius 1 is 1.30 bits per heavy atom. The molecule has 1 aliphatic rings. The molecule has 3 rings (SSSR count). The molecule has 0 fully saturated rings. The van der Waals surface area contributed by atoms with Gasteiger partial charge in [0.1, 0.15) is 17.9 Å². The molecule has 3 heteroatoms. The first kappa shape index (κ1) is 13.0. The lowest BCUT2D eigenvalue weighted by Crippen LogP contribution is -2.15. The van der Waals surface area contributed by atoms with Crippen LogP contribution in [0.3, 0.4) is 0 Å². The van der Waals surface area contributed by atoms with Crippen LogP contribution < -0.4 is 10.4 Å². The van der Waals surface area contributed by atoms with Gasteiger partial charge in [0.25, 0.3) is 0 Å². The van der Waals surface area contributed by atoms with Crippen molar-refractivity contribution in [1.82, 2.24) is 0 Å². The third-order valence-corrected chi connectivity index (χ3v) is 3.68. The zero-order valence-corrected chi connectivity index (χ0v) is 11.7. The monoisotopic (exact) mass is 270 g/mol. The van der Waals surface area contributed by atoms with Crippen molar-refractivity contribution in [1.29, 1.82) is 0 Å². The van der Waals surface area contributed by atoms with Gasteiger partial charge in [0.2, 0.25) is 0 Å². The smallest absolute Gasteiger partial charge is 0.339 e. The summed E-state index contributed by atoms with van der Waals surface area (Å²) in [5.41, 5.74) is 3.41. The summed E-state index contributed by atoms with van der Waals surface area (Å²) >= 11 is 0. The highest BCUT2D eigenvalue weighted by Gasteiger charge is 2.18. The van der Waals surface area contributed by atoms with E-state index in [2.05, 4.69) is 6.58 Å². The number of hydrogen-bond acceptors (Lipinski definition) is 3. The number of benzene rings is 1. The van der Waals surface area contributed by atoms with Gasteiger partial charge in [-0.2, -0.15) is 0 Å². The predicted octanol–water partition coefficient (Wildman–Crippen LogP) is 3.63. The topological polar surface area (TPSA) is 39.4 Å². The van der Waals surface area contributed by atoms with Gasteiger partial charge >= 0.3 is 5.63 Å². The summed E-state index contributed by atoms with van der Waals surface area (Å²) in [4.78, 5) is 12.0. The molecule has 0 atom stereocenters. The Kier molecular flexibility index (Phi) is 3.35. The first-order chi connectivity index (χ1) is 9.65. The normalized spacial score (nSPS) is 14.1. The Labute approximate surface area is 117 Å². The Hall–Kier alpha value is -2.03.